The van der Waals surface area contributed by atoms with Crippen LogP contribution >= 0.6 is 22.9 Å². The van der Waals surface area contributed by atoms with E-state index in [1.807, 2.05) is 0 Å². The number of halogens is 1. The minimum Gasteiger partial charge on any atom is -0.609 e. The fourth-order valence-electron chi connectivity index (χ4n) is 1.83. The van der Waals surface area contributed by atoms with Crippen molar-refractivity contribution in [3.05, 3.63) is 17.3 Å². The molecule has 0 aliphatic carbocycles. The molecule has 1 fully saturated rings. The molecule has 0 amide bonds. The van der Waals surface area contributed by atoms with Gasteiger partial charge in [0.05, 0.1) is 18.2 Å². The Balaban J connectivity index is 1.75. The summed E-state index contributed by atoms with van der Waals surface area (Å²) >= 11 is 6.11. The third-order valence-electron chi connectivity index (χ3n) is 2.79. The highest BCUT2D eigenvalue weighted by Crippen LogP contribution is 2.26. The van der Waals surface area contributed by atoms with E-state index in [4.69, 9.17) is 16.3 Å². The maximum absolute atomic E-state index is 12.3. The molecule has 0 radical (unpaired) electrons. The molecule has 0 saturated carbocycles. The molecule has 1 aliphatic rings. The van der Waals surface area contributed by atoms with E-state index in [1.54, 1.807) is 12.3 Å². The van der Waals surface area contributed by atoms with Gasteiger partial charge in [-0.25, -0.2) is 4.98 Å². The molecule has 1 unspecified atom stereocenters. The fourth-order valence-corrected chi connectivity index (χ4v) is 4.27. The van der Waals surface area contributed by atoms with Crippen LogP contribution in [0.5, 0.6) is 0 Å². The molecule has 1 saturated heterocycles. The summed E-state index contributed by atoms with van der Waals surface area (Å²) in [5.41, 5.74) is 0.711. The van der Waals surface area contributed by atoms with Gasteiger partial charge in [0.25, 0.3) is 0 Å². The van der Waals surface area contributed by atoms with Gasteiger partial charge in [0.1, 0.15) is 10.3 Å². The van der Waals surface area contributed by atoms with E-state index in [1.165, 1.54) is 11.3 Å². The van der Waals surface area contributed by atoms with Crippen LogP contribution in [-0.4, -0.2) is 51.6 Å². The molecule has 0 bridgehead atoms. The molecule has 19 heavy (non-hydrogen) atoms. The van der Waals surface area contributed by atoms with Gasteiger partial charge in [-0.05, 0) is 17.4 Å². The first-order valence-corrected chi connectivity index (χ1v) is 8.34. The maximum atomic E-state index is 12.3. The molecule has 1 aliphatic heterocycles. The number of rotatable bonds is 3. The Morgan fingerprint density at radius 3 is 3.05 bits per heavy atom. The molecule has 3 rings (SSSR count). The summed E-state index contributed by atoms with van der Waals surface area (Å²) in [4.78, 5) is 11.4. The number of ether oxygens (including phenoxy) is 1. The van der Waals surface area contributed by atoms with E-state index in [9.17, 15) is 4.55 Å². The second-order valence-corrected chi connectivity index (χ2v) is 7.17. The van der Waals surface area contributed by atoms with Gasteiger partial charge in [-0.1, -0.05) is 11.6 Å². The molecule has 0 spiro atoms. The van der Waals surface area contributed by atoms with Gasteiger partial charge < -0.3 is 9.29 Å². The first kappa shape index (κ1) is 13.5. The first-order chi connectivity index (χ1) is 9.22. The standard InChI is InChI=1S/C11H12ClN3O2S2/c12-8-5-9-10(13-6-8)18-11(14-9)19(16)7-15-1-3-17-4-2-15/h5-6H,1-4,7H2. The van der Waals surface area contributed by atoms with Crippen LogP contribution in [0, 0.1) is 0 Å². The average Bonchev–Trinajstić information content (AvgIpc) is 2.83. The summed E-state index contributed by atoms with van der Waals surface area (Å²) in [6.07, 6.45) is 1.58. The number of hydrogen-bond acceptors (Lipinski definition) is 6. The zero-order valence-electron chi connectivity index (χ0n) is 10.0. The predicted molar refractivity (Wildman–Crippen MR) is 76.1 cm³/mol. The van der Waals surface area contributed by atoms with Crippen molar-refractivity contribution in [2.45, 2.75) is 4.34 Å². The molecule has 5 nitrogen and oxygen atoms in total. The van der Waals surface area contributed by atoms with Gasteiger partial charge in [-0.3, -0.25) is 4.90 Å². The lowest BCUT2D eigenvalue weighted by atomic mass is 10.5. The topological polar surface area (TPSA) is 61.3 Å². The van der Waals surface area contributed by atoms with Crippen LogP contribution in [0.2, 0.25) is 5.02 Å². The Bertz CT molecular complexity index is 574. The number of fused-ring (bicyclic) bond motifs is 1. The lowest BCUT2D eigenvalue weighted by Crippen LogP contribution is -2.39. The van der Waals surface area contributed by atoms with Gasteiger partial charge in [0, 0.05) is 30.5 Å². The third-order valence-corrected chi connectivity index (χ3v) is 5.66. The molecular weight excluding hydrogens is 306 g/mol. The van der Waals surface area contributed by atoms with E-state index in [0.717, 1.165) is 17.9 Å². The molecule has 1 atom stereocenters. The molecule has 0 aromatic carbocycles. The lowest BCUT2D eigenvalue weighted by Gasteiger charge is -2.25. The molecular formula is C11H12ClN3O2S2. The number of nitrogens with zero attached hydrogens (tertiary/aromatic N) is 3. The molecule has 2 aromatic rings. The Morgan fingerprint density at radius 1 is 1.47 bits per heavy atom. The fraction of sp³-hybridized carbons (Fsp3) is 0.455. The van der Waals surface area contributed by atoms with Crippen molar-refractivity contribution in [1.82, 2.24) is 14.9 Å². The molecule has 2 aromatic heterocycles. The molecule has 102 valence electrons. The highest BCUT2D eigenvalue weighted by molar-refractivity contribution is 7.93. The second-order valence-electron chi connectivity index (χ2n) is 4.16. The summed E-state index contributed by atoms with van der Waals surface area (Å²) < 4.78 is 18.2. The zero-order chi connectivity index (χ0) is 13.2. The normalized spacial score (nSPS) is 18.8. The van der Waals surface area contributed by atoms with Crippen molar-refractivity contribution in [1.29, 1.82) is 0 Å². The highest BCUT2D eigenvalue weighted by Gasteiger charge is 2.22. The van der Waals surface area contributed by atoms with Crippen molar-refractivity contribution >= 4 is 44.5 Å². The third kappa shape index (κ3) is 3.18. The quantitative estimate of drug-likeness (QED) is 0.807. The smallest absolute Gasteiger partial charge is 0.305 e. The van der Waals surface area contributed by atoms with E-state index in [2.05, 4.69) is 14.9 Å². The van der Waals surface area contributed by atoms with Crippen LogP contribution in [0.1, 0.15) is 0 Å². The largest absolute Gasteiger partial charge is 0.609 e. The Kier molecular flexibility index (Phi) is 4.21. The van der Waals surface area contributed by atoms with Gasteiger partial charge in [0.2, 0.25) is 0 Å². The highest BCUT2D eigenvalue weighted by atomic mass is 35.5. The van der Waals surface area contributed by atoms with Crippen LogP contribution < -0.4 is 0 Å². The molecule has 0 N–H and O–H groups in total. The Hall–Kier alpha value is -0.440. The number of hydrogen-bond donors (Lipinski definition) is 0. The Morgan fingerprint density at radius 2 is 2.26 bits per heavy atom. The zero-order valence-corrected chi connectivity index (χ0v) is 12.4. The monoisotopic (exact) mass is 317 g/mol. The van der Waals surface area contributed by atoms with Crippen LogP contribution in [0.25, 0.3) is 10.3 Å². The van der Waals surface area contributed by atoms with Crippen LogP contribution in [-0.2, 0) is 15.9 Å². The van der Waals surface area contributed by atoms with Crippen molar-refractivity contribution in [2.75, 3.05) is 32.2 Å². The van der Waals surface area contributed by atoms with Crippen molar-refractivity contribution < 1.29 is 9.29 Å². The SMILES string of the molecule is [O-][S+](CN1CCOCC1)c1nc2cc(Cl)cnc2s1. The van der Waals surface area contributed by atoms with E-state index >= 15 is 0 Å². The summed E-state index contributed by atoms with van der Waals surface area (Å²) in [6, 6.07) is 1.75. The number of aromatic nitrogens is 2. The predicted octanol–water partition coefficient (Wildman–Crippen LogP) is 1.74. The second kappa shape index (κ2) is 5.90. The van der Waals surface area contributed by atoms with E-state index in [0.29, 0.717) is 34.0 Å². The maximum Gasteiger partial charge on any atom is 0.305 e. The molecule has 3 heterocycles. The van der Waals surface area contributed by atoms with Crippen molar-refractivity contribution in [2.24, 2.45) is 0 Å². The van der Waals surface area contributed by atoms with Gasteiger partial charge in [-0.15, -0.1) is 0 Å². The van der Waals surface area contributed by atoms with Gasteiger partial charge in [0.15, 0.2) is 5.88 Å². The average molecular weight is 318 g/mol. The van der Waals surface area contributed by atoms with E-state index < -0.39 is 11.2 Å². The van der Waals surface area contributed by atoms with Gasteiger partial charge >= 0.3 is 4.34 Å². The summed E-state index contributed by atoms with van der Waals surface area (Å²) in [7, 11) is 0. The summed E-state index contributed by atoms with van der Waals surface area (Å²) in [5.74, 6) is 0.497. The van der Waals surface area contributed by atoms with Crippen LogP contribution in [0.15, 0.2) is 16.6 Å². The van der Waals surface area contributed by atoms with Crippen LogP contribution in [0.3, 0.4) is 0 Å². The first-order valence-electron chi connectivity index (χ1n) is 5.83. The number of pyridine rings is 1. The van der Waals surface area contributed by atoms with Crippen molar-refractivity contribution in [3.63, 3.8) is 0 Å². The van der Waals surface area contributed by atoms with Crippen molar-refractivity contribution in [3.8, 4) is 0 Å². The minimum atomic E-state index is -1.13. The lowest BCUT2D eigenvalue weighted by molar-refractivity contribution is 0.0464. The number of morpholine rings is 1. The van der Waals surface area contributed by atoms with Gasteiger partial charge in [-0.2, -0.15) is 4.98 Å². The van der Waals surface area contributed by atoms with Crippen LogP contribution in [0.4, 0.5) is 0 Å². The Labute approximate surface area is 122 Å². The summed E-state index contributed by atoms with van der Waals surface area (Å²) in [6.45, 7) is 3.05. The van der Waals surface area contributed by atoms with E-state index in [-0.39, 0.29) is 0 Å². The summed E-state index contributed by atoms with van der Waals surface area (Å²) in [5, 5.41) is 0.545. The minimum absolute atomic E-state index is 0.497. The number of thiazole rings is 1. The molecule has 8 heteroatoms.